The highest BCUT2D eigenvalue weighted by Crippen LogP contribution is 2.59. The van der Waals surface area contributed by atoms with Crippen LogP contribution in [0.3, 0.4) is 0 Å². The molecule has 1 amide bonds. The van der Waals surface area contributed by atoms with Gasteiger partial charge in [-0.1, -0.05) is 61.5 Å². The number of aryl methyl sites for hydroxylation is 2. The van der Waals surface area contributed by atoms with Gasteiger partial charge in [0.25, 0.3) is 5.91 Å². The van der Waals surface area contributed by atoms with Gasteiger partial charge in [0.15, 0.2) is 0 Å². The van der Waals surface area contributed by atoms with Crippen LogP contribution in [0.15, 0.2) is 54.6 Å². The Kier molecular flexibility index (Phi) is 5.92. The standard InChI is InChI=1S/C29H33NO2S/c1-18-14-15-29(18)16-24(17-29)30-28(31)26-20(3)33-19(2)25(26)27(32-4)23-12-10-22(11-13-23)21-8-6-5-7-9-21/h5-13,18,24,27H,14-17H2,1-4H3,(H,30,31). The van der Waals surface area contributed by atoms with E-state index in [1.807, 2.05) is 6.07 Å². The largest absolute Gasteiger partial charge is 0.372 e. The van der Waals surface area contributed by atoms with E-state index in [0.29, 0.717) is 11.5 Å². The zero-order chi connectivity index (χ0) is 23.2. The van der Waals surface area contributed by atoms with Gasteiger partial charge >= 0.3 is 0 Å². The van der Waals surface area contributed by atoms with Crippen LogP contribution in [0, 0.1) is 25.2 Å². The topological polar surface area (TPSA) is 38.3 Å². The highest BCUT2D eigenvalue weighted by molar-refractivity contribution is 7.12. The van der Waals surface area contributed by atoms with E-state index in [0.717, 1.165) is 45.2 Å². The Labute approximate surface area is 201 Å². The summed E-state index contributed by atoms with van der Waals surface area (Å²) < 4.78 is 6.00. The fourth-order valence-corrected chi connectivity index (χ4v) is 7.01. The summed E-state index contributed by atoms with van der Waals surface area (Å²) >= 11 is 1.69. The van der Waals surface area contributed by atoms with Gasteiger partial charge in [0.2, 0.25) is 0 Å². The van der Waals surface area contributed by atoms with Crippen LogP contribution >= 0.6 is 11.3 Å². The molecule has 172 valence electrons. The van der Waals surface area contributed by atoms with Crippen molar-refractivity contribution in [1.82, 2.24) is 5.32 Å². The van der Waals surface area contributed by atoms with E-state index in [-0.39, 0.29) is 12.0 Å². The number of carbonyl (C=O) groups is 1. The number of hydrogen-bond donors (Lipinski definition) is 1. The molecule has 1 spiro atoms. The Morgan fingerprint density at radius 2 is 1.70 bits per heavy atom. The minimum Gasteiger partial charge on any atom is -0.372 e. The maximum absolute atomic E-state index is 13.4. The van der Waals surface area contributed by atoms with Crippen molar-refractivity contribution in [3.8, 4) is 11.1 Å². The van der Waals surface area contributed by atoms with Crippen LogP contribution in [0.5, 0.6) is 0 Å². The number of nitrogens with one attached hydrogen (secondary N) is 1. The molecule has 2 fully saturated rings. The van der Waals surface area contributed by atoms with Crippen molar-refractivity contribution < 1.29 is 9.53 Å². The minimum atomic E-state index is -0.264. The Morgan fingerprint density at radius 1 is 1.03 bits per heavy atom. The smallest absolute Gasteiger partial charge is 0.253 e. The van der Waals surface area contributed by atoms with Crippen molar-refractivity contribution in [2.75, 3.05) is 7.11 Å². The third kappa shape index (κ3) is 3.94. The lowest BCUT2D eigenvalue weighted by molar-refractivity contribution is -0.0599. The number of benzene rings is 2. The second-order valence-corrected chi connectivity index (χ2v) is 11.4. The average Bonchev–Trinajstić information content (AvgIpc) is 3.09. The molecule has 3 aromatic rings. The van der Waals surface area contributed by atoms with Gasteiger partial charge in [-0.25, -0.2) is 0 Å². The normalized spacial score (nSPS) is 24.7. The van der Waals surface area contributed by atoms with E-state index < -0.39 is 0 Å². The lowest BCUT2D eigenvalue weighted by Crippen LogP contribution is -2.57. The molecule has 2 atom stereocenters. The molecule has 1 aromatic heterocycles. The summed E-state index contributed by atoms with van der Waals surface area (Å²) in [5, 5.41) is 3.34. The van der Waals surface area contributed by atoms with Gasteiger partial charge in [-0.2, -0.15) is 0 Å². The molecular formula is C29H33NO2S. The number of thiophene rings is 1. The molecule has 0 radical (unpaired) electrons. The number of carbonyl (C=O) groups excluding carboxylic acids is 1. The molecule has 1 heterocycles. The summed E-state index contributed by atoms with van der Waals surface area (Å²) in [6, 6.07) is 19.2. The predicted octanol–water partition coefficient (Wildman–Crippen LogP) is 7.08. The van der Waals surface area contributed by atoms with Crippen molar-refractivity contribution in [2.24, 2.45) is 11.3 Å². The fourth-order valence-electron chi connectivity index (χ4n) is 5.93. The van der Waals surface area contributed by atoms with Crippen molar-refractivity contribution >= 4 is 17.2 Å². The van der Waals surface area contributed by atoms with Gasteiger partial charge in [-0.3, -0.25) is 4.79 Å². The van der Waals surface area contributed by atoms with Gasteiger partial charge in [0, 0.05) is 28.5 Å². The van der Waals surface area contributed by atoms with E-state index in [1.54, 1.807) is 18.4 Å². The van der Waals surface area contributed by atoms with Gasteiger partial charge in [0.05, 0.1) is 5.56 Å². The van der Waals surface area contributed by atoms with E-state index in [2.05, 4.69) is 74.6 Å². The van der Waals surface area contributed by atoms with Crippen LogP contribution in [-0.4, -0.2) is 19.1 Å². The summed E-state index contributed by atoms with van der Waals surface area (Å²) in [6.45, 7) is 6.51. The SMILES string of the molecule is COC(c1ccc(-c2ccccc2)cc1)c1c(C)sc(C)c1C(=O)NC1CC2(CCC2C)C1. The minimum absolute atomic E-state index is 0.0571. The van der Waals surface area contributed by atoms with E-state index >= 15 is 0 Å². The number of methoxy groups -OCH3 is 1. The zero-order valence-electron chi connectivity index (χ0n) is 20.0. The molecular weight excluding hydrogens is 426 g/mol. The Morgan fingerprint density at radius 3 is 2.27 bits per heavy atom. The van der Waals surface area contributed by atoms with Gasteiger partial charge in [-0.05, 0) is 67.6 Å². The van der Waals surface area contributed by atoms with E-state index in [4.69, 9.17) is 4.74 Å². The maximum Gasteiger partial charge on any atom is 0.253 e. The van der Waals surface area contributed by atoms with Crippen LogP contribution in [0.1, 0.15) is 70.0 Å². The first-order chi connectivity index (χ1) is 15.9. The first-order valence-corrected chi connectivity index (χ1v) is 12.8. The number of amides is 1. The molecule has 4 heteroatoms. The highest BCUT2D eigenvalue weighted by atomic mass is 32.1. The summed E-state index contributed by atoms with van der Waals surface area (Å²) in [5.74, 6) is 0.865. The molecule has 2 aliphatic rings. The molecule has 0 saturated heterocycles. The van der Waals surface area contributed by atoms with Crippen LogP contribution in [-0.2, 0) is 4.74 Å². The number of rotatable bonds is 6. The molecule has 2 saturated carbocycles. The van der Waals surface area contributed by atoms with Crippen LogP contribution in [0.2, 0.25) is 0 Å². The lowest BCUT2D eigenvalue weighted by Gasteiger charge is -2.58. The maximum atomic E-state index is 13.4. The van der Waals surface area contributed by atoms with Crippen LogP contribution < -0.4 is 5.32 Å². The Hall–Kier alpha value is -2.43. The highest BCUT2D eigenvalue weighted by Gasteiger charge is 2.53. The van der Waals surface area contributed by atoms with Crippen molar-refractivity contribution in [2.45, 2.75) is 58.6 Å². The first kappa shape index (κ1) is 22.4. The van der Waals surface area contributed by atoms with E-state index in [9.17, 15) is 4.79 Å². The first-order valence-electron chi connectivity index (χ1n) is 12.0. The Balaban J connectivity index is 1.38. The van der Waals surface area contributed by atoms with Crippen molar-refractivity contribution in [3.63, 3.8) is 0 Å². The molecule has 5 rings (SSSR count). The predicted molar refractivity (Wildman–Crippen MR) is 136 cm³/mol. The van der Waals surface area contributed by atoms with Gasteiger partial charge in [-0.15, -0.1) is 11.3 Å². The van der Waals surface area contributed by atoms with Gasteiger partial charge < -0.3 is 10.1 Å². The summed E-state index contributed by atoms with van der Waals surface area (Å²) in [6.07, 6.45) is 4.66. The molecule has 3 nitrogen and oxygen atoms in total. The number of hydrogen-bond acceptors (Lipinski definition) is 3. The van der Waals surface area contributed by atoms with E-state index in [1.165, 1.54) is 24.0 Å². The van der Waals surface area contributed by atoms with Crippen LogP contribution in [0.4, 0.5) is 0 Å². The molecule has 2 aliphatic carbocycles. The third-order valence-corrected chi connectivity index (χ3v) is 9.15. The number of ether oxygens (including phenoxy) is 1. The summed E-state index contributed by atoms with van der Waals surface area (Å²) in [4.78, 5) is 15.6. The Bertz CT molecular complexity index is 1140. The second-order valence-electron chi connectivity index (χ2n) is 9.99. The van der Waals surface area contributed by atoms with Crippen molar-refractivity contribution in [3.05, 3.63) is 81.0 Å². The molecule has 1 N–H and O–H groups in total. The zero-order valence-corrected chi connectivity index (χ0v) is 20.8. The quantitative estimate of drug-likeness (QED) is 0.428. The molecule has 2 aromatic carbocycles. The lowest BCUT2D eigenvalue weighted by atomic mass is 9.49. The monoisotopic (exact) mass is 459 g/mol. The second kappa shape index (κ2) is 8.73. The molecule has 0 aliphatic heterocycles. The molecule has 33 heavy (non-hydrogen) atoms. The van der Waals surface area contributed by atoms with Crippen LogP contribution in [0.25, 0.3) is 11.1 Å². The fraction of sp³-hybridized carbons (Fsp3) is 0.414. The molecule has 0 bridgehead atoms. The van der Waals surface area contributed by atoms with Crippen molar-refractivity contribution in [1.29, 1.82) is 0 Å². The average molecular weight is 460 g/mol. The van der Waals surface area contributed by atoms with Gasteiger partial charge in [0.1, 0.15) is 6.10 Å². The molecule has 2 unspecified atom stereocenters. The summed E-state index contributed by atoms with van der Waals surface area (Å²) in [5.41, 5.74) is 5.76. The summed E-state index contributed by atoms with van der Waals surface area (Å²) in [7, 11) is 1.73. The third-order valence-electron chi connectivity index (χ3n) is 8.11.